The highest BCUT2D eigenvalue weighted by molar-refractivity contribution is 9.10. The summed E-state index contributed by atoms with van der Waals surface area (Å²) in [4.78, 5) is 13.0. The zero-order chi connectivity index (χ0) is 15.9. The van der Waals surface area contributed by atoms with Gasteiger partial charge in [0.25, 0.3) is 0 Å². The fourth-order valence-electron chi connectivity index (χ4n) is 2.43. The van der Waals surface area contributed by atoms with Gasteiger partial charge in [-0.15, -0.1) is 0 Å². The maximum absolute atomic E-state index is 10.6. The lowest BCUT2D eigenvalue weighted by atomic mass is 10.2. The van der Waals surface area contributed by atoms with E-state index in [1.165, 1.54) is 18.9 Å². The zero-order valence-electron chi connectivity index (χ0n) is 12.5. The SMILES string of the molecule is COc1cc(/C=C/C(=O)O)cc(Br)c1OCCN1CCCC1. The van der Waals surface area contributed by atoms with Crippen LogP contribution in [0, 0.1) is 0 Å². The summed E-state index contributed by atoms with van der Waals surface area (Å²) in [6, 6.07) is 3.57. The number of methoxy groups -OCH3 is 1. The van der Waals surface area contributed by atoms with Crippen LogP contribution in [0.4, 0.5) is 0 Å². The maximum Gasteiger partial charge on any atom is 0.328 e. The molecule has 0 aliphatic carbocycles. The monoisotopic (exact) mass is 369 g/mol. The smallest absolute Gasteiger partial charge is 0.328 e. The molecule has 0 unspecified atom stereocenters. The lowest BCUT2D eigenvalue weighted by Crippen LogP contribution is -2.25. The van der Waals surface area contributed by atoms with Gasteiger partial charge in [0.15, 0.2) is 11.5 Å². The second-order valence-electron chi connectivity index (χ2n) is 5.10. The van der Waals surface area contributed by atoms with Crippen molar-refractivity contribution in [2.75, 3.05) is 33.4 Å². The van der Waals surface area contributed by atoms with Crippen molar-refractivity contribution in [2.45, 2.75) is 12.8 Å². The molecule has 1 fully saturated rings. The highest BCUT2D eigenvalue weighted by Gasteiger charge is 2.14. The Morgan fingerprint density at radius 1 is 1.41 bits per heavy atom. The number of likely N-dealkylation sites (tertiary alicyclic amines) is 1. The van der Waals surface area contributed by atoms with E-state index in [2.05, 4.69) is 20.8 Å². The average Bonchev–Trinajstić information content (AvgIpc) is 3.00. The third kappa shape index (κ3) is 4.74. The van der Waals surface area contributed by atoms with Gasteiger partial charge in [-0.1, -0.05) is 0 Å². The Morgan fingerprint density at radius 3 is 2.77 bits per heavy atom. The Bertz CT molecular complexity index is 553. The van der Waals surface area contributed by atoms with Gasteiger partial charge < -0.3 is 14.6 Å². The van der Waals surface area contributed by atoms with Gasteiger partial charge in [0, 0.05) is 12.6 Å². The lowest BCUT2D eigenvalue weighted by molar-refractivity contribution is -0.131. The van der Waals surface area contributed by atoms with Gasteiger partial charge in [-0.05, 0) is 65.6 Å². The molecular weight excluding hydrogens is 350 g/mol. The molecule has 1 aliphatic heterocycles. The quantitative estimate of drug-likeness (QED) is 0.748. The minimum Gasteiger partial charge on any atom is -0.493 e. The number of ether oxygens (including phenoxy) is 2. The van der Waals surface area contributed by atoms with Gasteiger partial charge in [0.2, 0.25) is 0 Å². The molecule has 120 valence electrons. The summed E-state index contributed by atoms with van der Waals surface area (Å²) in [5.41, 5.74) is 0.734. The molecule has 0 radical (unpaired) electrons. The number of carboxylic acid groups (broad SMARTS) is 1. The predicted octanol–water partition coefficient (Wildman–Crippen LogP) is 3.03. The Morgan fingerprint density at radius 2 is 2.14 bits per heavy atom. The first-order valence-electron chi connectivity index (χ1n) is 7.24. The number of carboxylic acids is 1. The summed E-state index contributed by atoms with van der Waals surface area (Å²) in [7, 11) is 1.57. The van der Waals surface area contributed by atoms with Crippen LogP contribution in [0.15, 0.2) is 22.7 Å². The van der Waals surface area contributed by atoms with E-state index in [1.807, 2.05) is 6.07 Å². The molecule has 1 aliphatic rings. The summed E-state index contributed by atoms with van der Waals surface area (Å²) >= 11 is 3.46. The number of aliphatic carboxylic acids is 1. The molecular formula is C16H20BrNO4. The third-order valence-corrected chi connectivity index (χ3v) is 4.11. The van der Waals surface area contributed by atoms with Crippen molar-refractivity contribution in [2.24, 2.45) is 0 Å². The van der Waals surface area contributed by atoms with E-state index in [1.54, 1.807) is 13.2 Å². The predicted molar refractivity (Wildman–Crippen MR) is 88.5 cm³/mol. The van der Waals surface area contributed by atoms with Crippen LogP contribution >= 0.6 is 15.9 Å². The van der Waals surface area contributed by atoms with Crippen LogP contribution in [0.1, 0.15) is 18.4 Å². The fourth-order valence-corrected chi connectivity index (χ4v) is 3.00. The minimum atomic E-state index is -0.985. The van der Waals surface area contributed by atoms with Crippen LogP contribution in [-0.2, 0) is 4.79 Å². The molecule has 1 saturated heterocycles. The molecule has 1 aromatic rings. The molecule has 0 atom stereocenters. The zero-order valence-corrected chi connectivity index (χ0v) is 14.1. The Labute approximate surface area is 138 Å². The van der Waals surface area contributed by atoms with E-state index in [0.29, 0.717) is 18.1 Å². The fraction of sp³-hybridized carbons (Fsp3) is 0.438. The molecule has 0 saturated carbocycles. The first kappa shape index (κ1) is 16.8. The molecule has 2 rings (SSSR count). The number of hydrogen-bond donors (Lipinski definition) is 1. The first-order valence-corrected chi connectivity index (χ1v) is 8.03. The second-order valence-corrected chi connectivity index (χ2v) is 5.96. The van der Waals surface area contributed by atoms with E-state index in [-0.39, 0.29) is 0 Å². The van der Waals surface area contributed by atoms with Crippen molar-refractivity contribution in [3.63, 3.8) is 0 Å². The van der Waals surface area contributed by atoms with E-state index in [4.69, 9.17) is 14.6 Å². The number of benzene rings is 1. The molecule has 0 amide bonds. The lowest BCUT2D eigenvalue weighted by Gasteiger charge is -2.17. The number of carbonyl (C=O) groups is 1. The molecule has 6 heteroatoms. The summed E-state index contributed by atoms with van der Waals surface area (Å²) in [6.45, 7) is 3.77. The topological polar surface area (TPSA) is 59.0 Å². The molecule has 22 heavy (non-hydrogen) atoms. The molecule has 1 aromatic carbocycles. The van der Waals surface area contributed by atoms with E-state index < -0.39 is 5.97 Å². The van der Waals surface area contributed by atoms with Crippen LogP contribution in [0.5, 0.6) is 11.5 Å². The number of nitrogens with zero attached hydrogens (tertiary/aromatic N) is 1. The van der Waals surface area contributed by atoms with Crippen LogP contribution in [0.2, 0.25) is 0 Å². The van der Waals surface area contributed by atoms with Crippen molar-refractivity contribution < 1.29 is 19.4 Å². The standard InChI is InChI=1S/C16H20BrNO4/c1-21-14-11-12(4-5-15(19)20)10-13(17)16(14)22-9-8-18-6-2-3-7-18/h4-5,10-11H,2-3,6-9H2,1H3,(H,19,20)/b5-4+. The number of rotatable bonds is 7. The Balaban J connectivity index is 2.04. The van der Waals surface area contributed by atoms with Gasteiger partial charge in [-0.2, -0.15) is 0 Å². The Hall–Kier alpha value is -1.53. The van der Waals surface area contributed by atoms with E-state index in [0.717, 1.165) is 35.7 Å². The van der Waals surface area contributed by atoms with Crippen LogP contribution < -0.4 is 9.47 Å². The number of hydrogen-bond acceptors (Lipinski definition) is 4. The first-order chi connectivity index (χ1) is 10.6. The van der Waals surface area contributed by atoms with E-state index in [9.17, 15) is 4.79 Å². The van der Waals surface area contributed by atoms with Gasteiger partial charge in [-0.3, -0.25) is 4.90 Å². The molecule has 1 heterocycles. The molecule has 0 bridgehead atoms. The average molecular weight is 370 g/mol. The van der Waals surface area contributed by atoms with Crippen molar-refractivity contribution in [3.8, 4) is 11.5 Å². The minimum absolute atomic E-state index is 0.584. The molecule has 0 aromatic heterocycles. The van der Waals surface area contributed by atoms with Gasteiger partial charge in [0.1, 0.15) is 6.61 Å². The Kier molecular flexibility index (Phi) is 6.27. The summed E-state index contributed by atoms with van der Waals surface area (Å²) < 4.78 is 11.9. The maximum atomic E-state index is 10.6. The highest BCUT2D eigenvalue weighted by Crippen LogP contribution is 2.37. The van der Waals surface area contributed by atoms with Crippen molar-refractivity contribution in [1.29, 1.82) is 0 Å². The molecule has 1 N–H and O–H groups in total. The highest BCUT2D eigenvalue weighted by atomic mass is 79.9. The van der Waals surface area contributed by atoms with Gasteiger partial charge in [0.05, 0.1) is 11.6 Å². The second kappa shape index (κ2) is 8.19. The summed E-state index contributed by atoms with van der Waals surface area (Å²) in [5, 5.41) is 8.69. The third-order valence-electron chi connectivity index (χ3n) is 3.52. The normalized spacial score (nSPS) is 15.4. The van der Waals surface area contributed by atoms with E-state index >= 15 is 0 Å². The van der Waals surface area contributed by atoms with Crippen LogP contribution in [0.3, 0.4) is 0 Å². The largest absolute Gasteiger partial charge is 0.493 e. The van der Waals surface area contributed by atoms with Crippen LogP contribution in [-0.4, -0.2) is 49.3 Å². The van der Waals surface area contributed by atoms with Gasteiger partial charge in [-0.25, -0.2) is 4.79 Å². The summed E-state index contributed by atoms with van der Waals surface area (Å²) in [6.07, 6.45) is 5.13. The number of halogens is 1. The van der Waals surface area contributed by atoms with Crippen LogP contribution in [0.25, 0.3) is 6.08 Å². The van der Waals surface area contributed by atoms with Crippen molar-refractivity contribution in [3.05, 3.63) is 28.2 Å². The van der Waals surface area contributed by atoms with Crippen molar-refractivity contribution >= 4 is 28.0 Å². The summed E-state index contributed by atoms with van der Waals surface area (Å²) in [5.74, 6) is 0.246. The molecule has 5 nitrogen and oxygen atoms in total. The molecule has 0 spiro atoms. The van der Waals surface area contributed by atoms with Crippen molar-refractivity contribution in [1.82, 2.24) is 4.90 Å². The van der Waals surface area contributed by atoms with Gasteiger partial charge >= 0.3 is 5.97 Å².